The number of hydrogen-bond acceptors (Lipinski definition) is 5. The van der Waals surface area contributed by atoms with Gasteiger partial charge in [-0.05, 0) is 50.3 Å². The number of benzene rings is 1. The van der Waals surface area contributed by atoms with Crippen LogP contribution in [0.1, 0.15) is 41.2 Å². The van der Waals surface area contributed by atoms with Crippen molar-refractivity contribution in [2.24, 2.45) is 5.92 Å². The lowest BCUT2D eigenvalue weighted by Gasteiger charge is -2.15. The number of carbonyl (C=O) groups is 1. The molecule has 1 heterocycles. The van der Waals surface area contributed by atoms with Gasteiger partial charge in [-0.1, -0.05) is 13.0 Å². The van der Waals surface area contributed by atoms with Crippen molar-refractivity contribution in [3.63, 3.8) is 0 Å². The number of nitrogens with one attached hydrogen (secondary N) is 2. The Morgan fingerprint density at radius 2 is 2.20 bits per heavy atom. The third kappa shape index (κ3) is 4.38. The normalized spacial score (nSPS) is 17.0. The smallest absolute Gasteiger partial charge is 0.257 e. The number of aryl methyl sites for hydroxylation is 1. The van der Waals surface area contributed by atoms with Crippen molar-refractivity contribution in [2.45, 2.75) is 33.1 Å². The Kier molecular flexibility index (Phi) is 5.10. The number of fused-ring (bicyclic) bond motifs is 1. The molecule has 134 valence electrons. The van der Waals surface area contributed by atoms with Gasteiger partial charge in [0.05, 0.1) is 11.4 Å². The first kappa shape index (κ1) is 17.9. The van der Waals surface area contributed by atoms with E-state index in [2.05, 4.69) is 21.9 Å². The Morgan fingerprint density at radius 1 is 1.40 bits per heavy atom. The first-order chi connectivity index (χ1) is 11.9. The van der Waals surface area contributed by atoms with Gasteiger partial charge in [0.25, 0.3) is 5.91 Å². The third-order valence-corrected chi connectivity index (χ3v) is 6.53. The highest BCUT2D eigenvalue weighted by Crippen LogP contribution is 2.32. The summed E-state index contributed by atoms with van der Waals surface area (Å²) >= 11 is 1.53. The van der Waals surface area contributed by atoms with E-state index in [-0.39, 0.29) is 11.7 Å². The van der Waals surface area contributed by atoms with E-state index >= 15 is 0 Å². The highest BCUT2D eigenvalue weighted by molar-refractivity contribution is 7.92. The Labute approximate surface area is 151 Å². The number of amides is 1. The minimum Gasteiger partial charge on any atom is -0.298 e. The number of rotatable bonds is 5. The number of hydrogen-bond donors (Lipinski definition) is 2. The molecular formula is C17H21N3O3S2. The fraction of sp³-hybridized carbons (Fsp3) is 0.412. The van der Waals surface area contributed by atoms with Crippen LogP contribution in [0.2, 0.25) is 0 Å². The molecule has 1 aliphatic rings. The van der Waals surface area contributed by atoms with Crippen LogP contribution in [0.5, 0.6) is 0 Å². The van der Waals surface area contributed by atoms with Crippen molar-refractivity contribution in [3.8, 4) is 0 Å². The summed E-state index contributed by atoms with van der Waals surface area (Å²) in [4.78, 5) is 18.2. The average Bonchev–Trinajstić information content (AvgIpc) is 2.96. The maximum Gasteiger partial charge on any atom is 0.257 e. The number of anilines is 2. The SMILES string of the molecule is CCS(=O)(=O)Nc1cccc(C(=O)Nc2nc3c(s2)C[C@H](C)CC3)c1. The van der Waals surface area contributed by atoms with E-state index < -0.39 is 10.0 Å². The quantitative estimate of drug-likeness (QED) is 0.834. The second-order valence-corrected chi connectivity index (χ2v) is 9.37. The van der Waals surface area contributed by atoms with Crippen LogP contribution >= 0.6 is 11.3 Å². The molecule has 0 bridgehead atoms. The largest absolute Gasteiger partial charge is 0.298 e. The van der Waals surface area contributed by atoms with Gasteiger partial charge in [-0.25, -0.2) is 13.4 Å². The van der Waals surface area contributed by atoms with Gasteiger partial charge in [0.1, 0.15) is 0 Å². The van der Waals surface area contributed by atoms with E-state index in [1.54, 1.807) is 25.1 Å². The van der Waals surface area contributed by atoms with Crippen LogP contribution in [0.15, 0.2) is 24.3 Å². The zero-order valence-corrected chi connectivity index (χ0v) is 15.8. The highest BCUT2D eigenvalue weighted by Gasteiger charge is 2.20. The van der Waals surface area contributed by atoms with Crippen LogP contribution in [-0.2, 0) is 22.9 Å². The van der Waals surface area contributed by atoms with Gasteiger partial charge < -0.3 is 0 Å². The fourth-order valence-electron chi connectivity index (χ4n) is 2.74. The third-order valence-electron chi connectivity index (χ3n) is 4.18. The molecule has 1 aliphatic carbocycles. The van der Waals surface area contributed by atoms with Gasteiger partial charge in [0.2, 0.25) is 10.0 Å². The second-order valence-electron chi connectivity index (χ2n) is 6.28. The predicted molar refractivity (Wildman–Crippen MR) is 101 cm³/mol. The molecule has 1 aromatic carbocycles. The summed E-state index contributed by atoms with van der Waals surface area (Å²) in [5.74, 6) is 0.337. The molecule has 0 fully saturated rings. The molecule has 1 atom stereocenters. The van der Waals surface area contributed by atoms with Crippen LogP contribution in [0, 0.1) is 5.92 Å². The summed E-state index contributed by atoms with van der Waals surface area (Å²) in [6.45, 7) is 3.79. The first-order valence-electron chi connectivity index (χ1n) is 8.27. The molecule has 6 nitrogen and oxygen atoms in total. The molecule has 3 rings (SSSR count). The van der Waals surface area contributed by atoms with Crippen LogP contribution in [0.4, 0.5) is 10.8 Å². The number of carbonyl (C=O) groups excluding carboxylic acids is 1. The molecule has 8 heteroatoms. The molecule has 0 unspecified atom stereocenters. The molecule has 0 aliphatic heterocycles. The van der Waals surface area contributed by atoms with Crippen molar-refractivity contribution in [1.29, 1.82) is 0 Å². The lowest BCUT2D eigenvalue weighted by atomic mass is 9.93. The average molecular weight is 380 g/mol. The molecule has 0 saturated carbocycles. The van der Waals surface area contributed by atoms with Crippen LogP contribution < -0.4 is 10.0 Å². The molecule has 0 radical (unpaired) electrons. The van der Waals surface area contributed by atoms with Gasteiger partial charge in [-0.15, -0.1) is 11.3 Å². The van der Waals surface area contributed by atoms with E-state index in [0.717, 1.165) is 25.0 Å². The second kappa shape index (κ2) is 7.13. The van der Waals surface area contributed by atoms with Crippen molar-refractivity contribution in [3.05, 3.63) is 40.4 Å². The zero-order valence-electron chi connectivity index (χ0n) is 14.2. The van der Waals surface area contributed by atoms with Gasteiger partial charge in [-0.2, -0.15) is 0 Å². The van der Waals surface area contributed by atoms with E-state index in [1.807, 2.05) is 0 Å². The fourth-order valence-corrected chi connectivity index (χ4v) is 4.53. The molecular weight excluding hydrogens is 358 g/mol. The van der Waals surface area contributed by atoms with Crippen molar-refractivity contribution in [2.75, 3.05) is 15.8 Å². The van der Waals surface area contributed by atoms with Gasteiger partial charge in [0.15, 0.2) is 5.13 Å². The minimum absolute atomic E-state index is 0.0213. The van der Waals surface area contributed by atoms with Crippen LogP contribution in [-0.4, -0.2) is 25.1 Å². The number of nitrogens with zero attached hydrogens (tertiary/aromatic N) is 1. The van der Waals surface area contributed by atoms with Gasteiger partial charge in [-0.3, -0.25) is 14.8 Å². The molecule has 1 aromatic heterocycles. The van der Waals surface area contributed by atoms with E-state index in [0.29, 0.717) is 22.3 Å². The van der Waals surface area contributed by atoms with Crippen molar-refractivity contribution < 1.29 is 13.2 Å². The number of sulfonamides is 1. The highest BCUT2D eigenvalue weighted by atomic mass is 32.2. The minimum atomic E-state index is -3.37. The maximum absolute atomic E-state index is 12.5. The summed E-state index contributed by atoms with van der Waals surface area (Å²) < 4.78 is 25.8. The Bertz CT molecular complexity index is 890. The topological polar surface area (TPSA) is 88.2 Å². The van der Waals surface area contributed by atoms with Crippen molar-refractivity contribution in [1.82, 2.24) is 4.98 Å². The Hall–Kier alpha value is -1.93. The monoisotopic (exact) mass is 379 g/mol. The van der Waals surface area contributed by atoms with Crippen LogP contribution in [0.25, 0.3) is 0 Å². The van der Waals surface area contributed by atoms with Crippen molar-refractivity contribution >= 4 is 38.1 Å². The van der Waals surface area contributed by atoms with Gasteiger partial charge >= 0.3 is 0 Å². The molecule has 1 amide bonds. The summed E-state index contributed by atoms with van der Waals surface area (Å²) in [6, 6.07) is 6.44. The van der Waals surface area contributed by atoms with Gasteiger partial charge in [0, 0.05) is 16.1 Å². The lowest BCUT2D eigenvalue weighted by molar-refractivity contribution is 0.102. The molecule has 2 aromatic rings. The molecule has 2 N–H and O–H groups in total. The molecule has 25 heavy (non-hydrogen) atoms. The lowest BCUT2D eigenvalue weighted by Crippen LogP contribution is -2.16. The Morgan fingerprint density at radius 3 is 2.96 bits per heavy atom. The molecule has 0 spiro atoms. The summed E-state index contributed by atoms with van der Waals surface area (Å²) in [5.41, 5.74) is 1.85. The zero-order chi connectivity index (χ0) is 18.0. The predicted octanol–water partition coefficient (Wildman–Crippen LogP) is 3.28. The maximum atomic E-state index is 12.5. The summed E-state index contributed by atoms with van der Waals surface area (Å²) in [6.07, 6.45) is 3.10. The number of thiazole rings is 1. The van der Waals surface area contributed by atoms with E-state index in [9.17, 15) is 13.2 Å². The summed E-state index contributed by atoms with van der Waals surface area (Å²) in [7, 11) is -3.37. The van der Waals surface area contributed by atoms with E-state index in [1.165, 1.54) is 22.3 Å². The first-order valence-corrected chi connectivity index (χ1v) is 10.7. The number of aromatic nitrogens is 1. The summed E-state index contributed by atoms with van der Waals surface area (Å²) in [5, 5.41) is 3.43. The Balaban J connectivity index is 1.73. The standard InChI is InChI=1S/C17H21N3O3S2/c1-3-25(22,23)20-13-6-4-5-12(10-13)16(21)19-17-18-14-8-7-11(2)9-15(14)24-17/h4-6,10-11,20H,3,7-9H2,1-2H3,(H,18,19,21)/t11-/m1/s1. The van der Waals surface area contributed by atoms with Crippen LogP contribution in [0.3, 0.4) is 0 Å². The van der Waals surface area contributed by atoms with E-state index in [4.69, 9.17) is 0 Å². The molecule has 0 saturated heterocycles.